The minimum Gasteiger partial charge on any atom is -0.380 e. The summed E-state index contributed by atoms with van der Waals surface area (Å²) in [5.74, 6) is 0.844. The first-order valence-electron chi connectivity index (χ1n) is 8.42. The lowest BCUT2D eigenvalue weighted by atomic mass is 10.1. The van der Waals surface area contributed by atoms with Gasteiger partial charge in [0.05, 0.1) is 19.7 Å². The summed E-state index contributed by atoms with van der Waals surface area (Å²) in [6.45, 7) is 7.17. The largest absolute Gasteiger partial charge is 0.380 e. The van der Waals surface area contributed by atoms with Crippen molar-refractivity contribution < 1.29 is 4.74 Å². The van der Waals surface area contributed by atoms with Crippen LogP contribution < -0.4 is 10.6 Å². The van der Waals surface area contributed by atoms with Crippen molar-refractivity contribution in [3.63, 3.8) is 0 Å². The first-order chi connectivity index (χ1) is 11.8. The molecule has 2 rings (SSSR count). The van der Waals surface area contributed by atoms with Crippen LogP contribution in [0.4, 0.5) is 0 Å². The number of ether oxygens (including phenoxy) is 1. The molecule has 1 aromatic heterocycles. The van der Waals surface area contributed by atoms with Crippen molar-refractivity contribution in [1.82, 2.24) is 10.6 Å². The average molecular weight is 473 g/mol. The van der Waals surface area contributed by atoms with Crippen LogP contribution in [0, 0.1) is 0 Å². The molecule has 6 heteroatoms. The molecule has 0 saturated heterocycles. The highest BCUT2D eigenvalue weighted by Crippen LogP contribution is 2.16. The van der Waals surface area contributed by atoms with Gasteiger partial charge in [-0.1, -0.05) is 31.2 Å². The minimum atomic E-state index is 0. The number of halogens is 1. The SMILES string of the molecule is CCNC(=NCc1ccccc1COC)NCc1ccc(CC)s1.I. The van der Waals surface area contributed by atoms with Gasteiger partial charge in [0.25, 0.3) is 0 Å². The standard InChI is InChI=1S/C19H27N3OS.HI/c1-4-17-10-11-18(24-17)13-22-19(20-5-2)21-12-15-8-6-7-9-16(15)14-23-3;/h6-11H,4-5,12-14H2,1-3H3,(H2,20,21,22);1H. The number of methoxy groups -OCH3 is 1. The molecule has 0 radical (unpaired) electrons. The third kappa shape index (κ3) is 7.33. The highest BCUT2D eigenvalue weighted by molar-refractivity contribution is 14.0. The first kappa shape index (κ1) is 21.9. The topological polar surface area (TPSA) is 45.7 Å². The van der Waals surface area contributed by atoms with Gasteiger partial charge in [-0.2, -0.15) is 0 Å². The first-order valence-corrected chi connectivity index (χ1v) is 9.24. The average Bonchev–Trinajstić information content (AvgIpc) is 3.07. The Labute approximate surface area is 172 Å². The molecule has 0 saturated carbocycles. The van der Waals surface area contributed by atoms with Gasteiger partial charge in [-0.05, 0) is 36.6 Å². The maximum absolute atomic E-state index is 5.26. The number of aliphatic imine (C=N–C) groups is 1. The van der Waals surface area contributed by atoms with Crippen LogP contribution in [0.15, 0.2) is 41.4 Å². The van der Waals surface area contributed by atoms with Crippen molar-refractivity contribution in [2.24, 2.45) is 4.99 Å². The lowest BCUT2D eigenvalue weighted by molar-refractivity contribution is 0.184. The zero-order valence-corrected chi connectivity index (χ0v) is 18.3. The molecule has 0 fully saturated rings. The smallest absolute Gasteiger partial charge is 0.191 e. The molecule has 25 heavy (non-hydrogen) atoms. The minimum absolute atomic E-state index is 0. The van der Waals surface area contributed by atoms with E-state index in [1.807, 2.05) is 23.5 Å². The number of benzene rings is 1. The predicted molar refractivity (Wildman–Crippen MR) is 118 cm³/mol. The summed E-state index contributed by atoms with van der Waals surface area (Å²) < 4.78 is 5.26. The molecule has 0 aliphatic rings. The van der Waals surface area contributed by atoms with E-state index in [1.54, 1.807) is 7.11 Å². The van der Waals surface area contributed by atoms with Crippen LogP contribution in [0.2, 0.25) is 0 Å². The van der Waals surface area contributed by atoms with E-state index in [4.69, 9.17) is 9.73 Å². The molecule has 0 aliphatic carbocycles. The number of hydrogen-bond acceptors (Lipinski definition) is 3. The normalized spacial score (nSPS) is 11.1. The van der Waals surface area contributed by atoms with Crippen LogP contribution in [-0.2, 0) is 30.9 Å². The number of thiophene rings is 1. The van der Waals surface area contributed by atoms with Gasteiger partial charge in [0.1, 0.15) is 0 Å². The number of nitrogens with one attached hydrogen (secondary N) is 2. The number of hydrogen-bond donors (Lipinski definition) is 2. The van der Waals surface area contributed by atoms with Gasteiger partial charge in [-0.15, -0.1) is 35.3 Å². The highest BCUT2D eigenvalue weighted by atomic mass is 127. The summed E-state index contributed by atoms with van der Waals surface area (Å²) in [7, 11) is 1.72. The zero-order chi connectivity index (χ0) is 17.2. The molecule has 2 aromatic rings. The van der Waals surface area contributed by atoms with E-state index < -0.39 is 0 Å². The monoisotopic (exact) mass is 473 g/mol. The van der Waals surface area contributed by atoms with Gasteiger partial charge in [-0.25, -0.2) is 4.99 Å². The Bertz CT molecular complexity index is 658. The van der Waals surface area contributed by atoms with Gasteiger partial charge in [0, 0.05) is 23.4 Å². The van der Waals surface area contributed by atoms with Crippen molar-refractivity contribution in [2.75, 3.05) is 13.7 Å². The van der Waals surface area contributed by atoms with Crippen LogP contribution in [0.5, 0.6) is 0 Å². The summed E-state index contributed by atoms with van der Waals surface area (Å²) in [5.41, 5.74) is 2.38. The second kappa shape index (κ2) is 12.3. The zero-order valence-electron chi connectivity index (χ0n) is 15.2. The van der Waals surface area contributed by atoms with Crippen molar-refractivity contribution in [2.45, 2.75) is 40.0 Å². The molecular weight excluding hydrogens is 445 g/mol. The summed E-state index contributed by atoms with van der Waals surface area (Å²) >= 11 is 1.85. The highest BCUT2D eigenvalue weighted by Gasteiger charge is 2.04. The number of guanidine groups is 1. The molecule has 0 unspecified atom stereocenters. The van der Waals surface area contributed by atoms with Gasteiger partial charge < -0.3 is 15.4 Å². The fourth-order valence-corrected chi connectivity index (χ4v) is 3.29. The third-order valence-electron chi connectivity index (χ3n) is 3.67. The van der Waals surface area contributed by atoms with E-state index >= 15 is 0 Å². The molecular formula is C19H28IN3OS. The summed E-state index contributed by atoms with van der Waals surface area (Å²) in [6, 6.07) is 12.7. The Kier molecular flexibility index (Phi) is 10.8. The van der Waals surface area contributed by atoms with Gasteiger partial charge in [0.2, 0.25) is 0 Å². The fourth-order valence-electron chi connectivity index (χ4n) is 2.39. The van der Waals surface area contributed by atoms with Gasteiger partial charge in [-0.3, -0.25) is 0 Å². The lowest BCUT2D eigenvalue weighted by Gasteiger charge is -2.12. The molecule has 1 heterocycles. The summed E-state index contributed by atoms with van der Waals surface area (Å²) in [4.78, 5) is 7.46. The van der Waals surface area contributed by atoms with Crippen LogP contribution in [-0.4, -0.2) is 19.6 Å². The lowest BCUT2D eigenvalue weighted by Crippen LogP contribution is -2.36. The summed E-state index contributed by atoms with van der Waals surface area (Å²) in [6.07, 6.45) is 1.09. The summed E-state index contributed by atoms with van der Waals surface area (Å²) in [5, 5.41) is 6.72. The number of aryl methyl sites for hydroxylation is 1. The van der Waals surface area contributed by atoms with Crippen LogP contribution in [0.25, 0.3) is 0 Å². The quantitative estimate of drug-likeness (QED) is 0.341. The molecule has 1 aromatic carbocycles. The van der Waals surface area contributed by atoms with E-state index in [2.05, 4.69) is 48.7 Å². The number of rotatable bonds is 8. The van der Waals surface area contributed by atoms with E-state index in [1.165, 1.54) is 20.9 Å². The Morgan fingerprint density at radius 3 is 2.40 bits per heavy atom. The van der Waals surface area contributed by atoms with Crippen LogP contribution in [0.1, 0.15) is 34.7 Å². The molecule has 2 N–H and O–H groups in total. The van der Waals surface area contributed by atoms with Crippen molar-refractivity contribution in [1.29, 1.82) is 0 Å². The number of nitrogens with zero attached hydrogens (tertiary/aromatic N) is 1. The predicted octanol–water partition coefficient (Wildman–Crippen LogP) is 4.33. The van der Waals surface area contributed by atoms with E-state index in [-0.39, 0.29) is 24.0 Å². The van der Waals surface area contributed by atoms with Crippen LogP contribution >= 0.6 is 35.3 Å². The Morgan fingerprint density at radius 1 is 1.04 bits per heavy atom. The Morgan fingerprint density at radius 2 is 1.76 bits per heavy atom. The maximum Gasteiger partial charge on any atom is 0.191 e. The van der Waals surface area contributed by atoms with E-state index in [0.29, 0.717) is 13.2 Å². The van der Waals surface area contributed by atoms with E-state index in [0.717, 1.165) is 25.5 Å². The third-order valence-corrected chi connectivity index (χ3v) is 4.90. The van der Waals surface area contributed by atoms with Gasteiger partial charge >= 0.3 is 0 Å². The van der Waals surface area contributed by atoms with Crippen molar-refractivity contribution >= 4 is 41.3 Å². The van der Waals surface area contributed by atoms with Gasteiger partial charge in [0.15, 0.2) is 5.96 Å². The molecule has 0 bridgehead atoms. The second-order valence-corrected chi connectivity index (χ2v) is 6.72. The Balaban J connectivity index is 0.00000312. The molecule has 0 atom stereocenters. The molecule has 4 nitrogen and oxygen atoms in total. The van der Waals surface area contributed by atoms with Crippen molar-refractivity contribution in [3.05, 3.63) is 57.3 Å². The second-order valence-electron chi connectivity index (χ2n) is 5.47. The molecule has 0 aliphatic heterocycles. The maximum atomic E-state index is 5.26. The molecule has 0 spiro atoms. The fraction of sp³-hybridized carbons (Fsp3) is 0.421. The Hall–Kier alpha value is -1.12. The molecule has 138 valence electrons. The van der Waals surface area contributed by atoms with E-state index in [9.17, 15) is 0 Å². The van der Waals surface area contributed by atoms with Crippen LogP contribution in [0.3, 0.4) is 0 Å². The van der Waals surface area contributed by atoms with Crippen molar-refractivity contribution in [3.8, 4) is 0 Å². The molecule has 0 amide bonds.